The first-order valence-electron chi connectivity index (χ1n) is 9.28. The van der Waals surface area contributed by atoms with Crippen molar-refractivity contribution in [2.45, 2.75) is 37.7 Å². The lowest BCUT2D eigenvalue weighted by molar-refractivity contribution is 0.103. The van der Waals surface area contributed by atoms with Gasteiger partial charge in [0.25, 0.3) is 5.91 Å². The molecule has 0 saturated heterocycles. The van der Waals surface area contributed by atoms with Crippen molar-refractivity contribution in [2.24, 2.45) is 0 Å². The van der Waals surface area contributed by atoms with Crippen LogP contribution in [0, 0.1) is 0 Å². The molecular weight excluding hydrogens is 356 g/mol. The summed E-state index contributed by atoms with van der Waals surface area (Å²) in [5.41, 5.74) is 2.85. The fourth-order valence-electron chi connectivity index (χ4n) is 3.00. The van der Waals surface area contributed by atoms with Crippen LogP contribution in [-0.4, -0.2) is 16.0 Å². The van der Waals surface area contributed by atoms with Gasteiger partial charge in [-0.3, -0.25) is 4.79 Å². The van der Waals surface area contributed by atoms with E-state index in [1.165, 1.54) is 24.2 Å². The van der Waals surface area contributed by atoms with Crippen LogP contribution < -0.4 is 5.32 Å². The van der Waals surface area contributed by atoms with Gasteiger partial charge in [-0.1, -0.05) is 42.5 Å². The van der Waals surface area contributed by atoms with Crippen LogP contribution in [0.4, 0.5) is 5.69 Å². The zero-order valence-corrected chi connectivity index (χ0v) is 15.8. The average Bonchev–Trinajstić information content (AvgIpc) is 3.44. The van der Waals surface area contributed by atoms with E-state index in [0.717, 1.165) is 28.2 Å². The van der Waals surface area contributed by atoms with Crippen molar-refractivity contribution in [2.75, 3.05) is 5.32 Å². The largest absolute Gasteiger partial charge is 0.388 e. The van der Waals surface area contributed by atoms with Gasteiger partial charge in [0.2, 0.25) is 0 Å². The van der Waals surface area contributed by atoms with E-state index >= 15 is 0 Å². The molecule has 0 unspecified atom stereocenters. The van der Waals surface area contributed by atoms with E-state index < -0.39 is 6.10 Å². The number of amides is 1. The number of hydrogen-bond donors (Lipinski definition) is 2. The minimum Gasteiger partial charge on any atom is -0.388 e. The molecule has 2 aromatic carbocycles. The number of anilines is 1. The number of nitrogens with zero attached hydrogens (tertiary/aromatic N) is 1. The number of carbonyl (C=O) groups excluding carboxylic acids is 1. The smallest absolute Gasteiger partial charge is 0.267 e. The van der Waals surface area contributed by atoms with Crippen molar-refractivity contribution >= 4 is 22.9 Å². The number of rotatable bonds is 7. The van der Waals surface area contributed by atoms with Gasteiger partial charge in [0.05, 0.1) is 17.3 Å². The van der Waals surface area contributed by atoms with Crippen LogP contribution in [0.25, 0.3) is 0 Å². The number of thiazole rings is 1. The van der Waals surface area contributed by atoms with E-state index in [-0.39, 0.29) is 5.91 Å². The van der Waals surface area contributed by atoms with E-state index in [2.05, 4.69) is 10.3 Å². The highest BCUT2D eigenvalue weighted by molar-refractivity contribution is 7.13. The number of aromatic nitrogens is 1. The summed E-state index contributed by atoms with van der Waals surface area (Å²) in [4.78, 5) is 17.4. The van der Waals surface area contributed by atoms with Gasteiger partial charge in [-0.05, 0) is 48.9 Å². The molecular formula is C22H22N2O2S. The highest BCUT2D eigenvalue weighted by Crippen LogP contribution is 2.41. The van der Waals surface area contributed by atoms with Crippen molar-refractivity contribution in [1.82, 2.24) is 4.98 Å². The Morgan fingerprint density at radius 3 is 2.59 bits per heavy atom. The number of nitrogens with one attached hydrogen (secondary N) is 1. The quantitative estimate of drug-likeness (QED) is 0.612. The first-order chi connectivity index (χ1) is 13.2. The number of aliphatic hydroxyl groups is 1. The standard InChI is InChI=1S/C22H22N2O2S/c25-19(16-4-2-1-3-5-16)13-8-15-6-11-18(12-7-15)24-21(26)20-14-23-22(27-20)17-9-10-17/h1-7,11-12,14,17,19,25H,8-10,13H2,(H,24,26)/t19-/m0/s1. The fourth-order valence-corrected chi connectivity index (χ4v) is 3.99. The molecule has 2 N–H and O–H groups in total. The lowest BCUT2D eigenvalue weighted by Crippen LogP contribution is -2.10. The number of aryl methyl sites for hydroxylation is 1. The Bertz CT molecular complexity index is 902. The molecule has 0 spiro atoms. The minimum atomic E-state index is -0.461. The van der Waals surface area contributed by atoms with Crippen LogP contribution >= 0.6 is 11.3 Å². The Morgan fingerprint density at radius 1 is 1.15 bits per heavy atom. The second kappa shape index (κ2) is 8.03. The van der Waals surface area contributed by atoms with Gasteiger partial charge in [-0.25, -0.2) is 4.98 Å². The summed E-state index contributed by atoms with van der Waals surface area (Å²) in [6, 6.07) is 17.5. The van der Waals surface area contributed by atoms with E-state index in [1.54, 1.807) is 6.20 Å². The monoisotopic (exact) mass is 378 g/mol. The molecule has 4 nitrogen and oxygen atoms in total. The Hall–Kier alpha value is -2.50. The molecule has 0 bridgehead atoms. The topological polar surface area (TPSA) is 62.2 Å². The molecule has 1 saturated carbocycles. The highest BCUT2D eigenvalue weighted by Gasteiger charge is 2.27. The van der Waals surface area contributed by atoms with Crippen LogP contribution in [0.15, 0.2) is 60.8 Å². The maximum absolute atomic E-state index is 12.4. The molecule has 1 heterocycles. The molecule has 1 atom stereocenters. The average molecular weight is 378 g/mol. The predicted molar refractivity (Wildman–Crippen MR) is 108 cm³/mol. The maximum atomic E-state index is 12.4. The Balaban J connectivity index is 1.31. The Kier molecular flexibility index (Phi) is 5.32. The summed E-state index contributed by atoms with van der Waals surface area (Å²) in [7, 11) is 0. The molecule has 1 aliphatic carbocycles. The molecule has 1 amide bonds. The van der Waals surface area contributed by atoms with Crippen LogP contribution in [0.1, 0.15) is 57.1 Å². The van der Waals surface area contributed by atoms with Gasteiger partial charge in [0, 0.05) is 11.6 Å². The van der Waals surface area contributed by atoms with Crippen molar-refractivity contribution in [3.63, 3.8) is 0 Å². The van der Waals surface area contributed by atoms with Crippen molar-refractivity contribution in [3.8, 4) is 0 Å². The molecule has 1 aromatic heterocycles. The molecule has 138 valence electrons. The molecule has 0 aliphatic heterocycles. The first-order valence-corrected chi connectivity index (χ1v) is 10.1. The van der Waals surface area contributed by atoms with E-state index in [1.807, 2.05) is 54.6 Å². The van der Waals surface area contributed by atoms with Crippen molar-refractivity contribution in [3.05, 3.63) is 81.8 Å². The van der Waals surface area contributed by atoms with Crippen LogP contribution in [0.2, 0.25) is 0 Å². The van der Waals surface area contributed by atoms with Crippen LogP contribution in [0.3, 0.4) is 0 Å². The molecule has 0 radical (unpaired) electrons. The molecule has 1 aliphatic rings. The van der Waals surface area contributed by atoms with E-state index in [0.29, 0.717) is 17.2 Å². The summed E-state index contributed by atoms with van der Waals surface area (Å²) in [6.45, 7) is 0. The fraction of sp³-hybridized carbons (Fsp3) is 0.273. The lowest BCUT2D eigenvalue weighted by atomic mass is 10.0. The lowest BCUT2D eigenvalue weighted by Gasteiger charge is -2.11. The minimum absolute atomic E-state index is 0.105. The molecule has 3 aromatic rings. The van der Waals surface area contributed by atoms with Gasteiger partial charge >= 0.3 is 0 Å². The molecule has 4 rings (SSSR count). The highest BCUT2D eigenvalue weighted by atomic mass is 32.1. The zero-order chi connectivity index (χ0) is 18.6. The number of carbonyl (C=O) groups is 1. The third-order valence-electron chi connectivity index (χ3n) is 4.78. The Labute approximate surface area is 162 Å². The van der Waals surface area contributed by atoms with Gasteiger partial charge in [0.15, 0.2) is 0 Å². The number of benzene rings is 2. The van der Waals surface area contributed by atoms with E-state index in [9.17, 15) is 9.90 Å². The maximum Gasteiger partial charge on any atom is 0.267 e. The molecule has 1 fully saturated rings. The summed E-state index contributed by atoms with van der Waals surface area (Å²) in [5.74, 6) is 0.466. The summed E-state index contributed by atoms with van der Waals surface area (Å²) in [6.07, 6.45) is 5.04. The van der Waals surface area contributed by atoms with Crippen LogP contribution in [-0.2, 0) is 6.42 Å². The Morgan fingerprint density at radius 2 is 1.89 bits per heavy atom. The number of aliphatic hydroxyl groups excluding tert-OH is 1. The third-order valence-corrected chi connectivity index (χ3v) is 5.94. The van der Waals surface area contributed by atoms with Crippen molar-refractivity contribution in [1.29, 1.82) is 0 Å². The summed E-state index contributed by atoms with van der Waals surface area (Å²) >= 11 is 1.49. The second-order valence-electron chi connectivity index (χ2n) is 6.95. The van der Waals surface area contributed by atoms with Gasteiger partial charge in [-0.2, -0.15) is 0 Å². The van der Waals surface area contributed by atoms with Crippen molar-refractivity contribution < 1.29 is 9.90 Å². The van der Waals surface area contributed by atoms with E-state index in [4.69, 9.17) is 0 Å². The SMILES string of the molecule is O=C(Nc1ccc(CC[C@H](O)c2ccccc2)cc1)c1cnc(C2CC2)s1. The number of hydrogen-bond acceptors (Lipinski definition) is 4. The van der Waals surface area contributed by atoms with Crippen LogP contribution in [0.5, 0.6) is 0 Å². The summed E-state index contributed by atoms with van der Waals surface area (Å²) in [5, 5.41) is 14.3. The normalized spacial score (nSPS) is 14.7. The predicted octanol–water partition coefficient (Wildman–Crippen LogP) is 4.94. The molecule has 5 heteroatoms. The summed E-state index contributed by atoms with van der Waals surface area (Å²) < 4.78 is 0. The molecule has 27 heavy (non-hydrogen) atoms. The van der Waals surface area contributed by atoms with Gasteiger partial charge in [-0.15, -0.1) is 11.3 Å². The van der Waals surface area contributed by atoms with Gasteiger partial charge in [0.1, 0.15) is 4.88 Å². The van der Waals surface area contributed by atoms with Gasteiger partial charge < -0.3 is 10.4 Å². The first kappa shape index (κ1) is 17.9. The zero-order valence-electron chi connectivity index (χ0n) is 15.0. The second-order valence-corrected chi connectivity index (χ2v) is 8.02. The third kappa shape index (κ3) is 4.62.